The van der Waals surface area contributed by atoms with Crippen LogP contribution in [0.5, 0.6) is 5.75 Å². The minimum Gasteiger partial charge on any atom is -0.459 e. The van der Waals surface area contributed by atoms with Crippen LogP contribution in [0.4, 0.5) is 5.69 Å². The number of hydrogen-bond acceptors (Lipinski definition) is 8. The lowest BCUT2D eigenvalue weighted by atomic mass is 10.2. The molecule has 0 atom stereocenters. The molecular weight excluding hydrogens is 482 g/mol. The largest absolute Gasteiger partial charge is 0.459 e. The van der Waals surface area contributed by atoms with Crippen molar-refractivity contribution in [1.29, 1.82) is 0 Å². The second kappa shape index (κ2) is 8.88. The smallest absolute Gasteiger partial charge is 0.339 e. The van der Waals surface area contributed by atoms with Gasteiger partial charge in [-0.1, -0.05) is 22.0 Å². The maximum absolute atomic E-state index is 12.6. The van der Waals surface area contributed by atoms with Crippen molar-refractivity contribution in [1.82, 2.24) is 5.43 Å². The number of carbonyl (C=O) groups is 1. The normalized spacial score (nSPS) is 11.4. The Bertz CT molecular complexity index is 1220. The van der Waals surface area contributed by atoms with Crippen LogP contribution in [-0.4, -0.2) is 25.5 Å². The molecule has 30 heavy (non-hydrogen) atoms. The van der Waals surface area contributed by atoms with Gasteiger partial charge in [-0.2, -0.15) is 13.5 Å². The molecule has 1 aromatic heterocycles. The molecule has 1 heterocycles. The van der Waals surface area contributed by atoms with Crippen LogP contribution in [0.3, 0.4) is 0 Å². The number of nitrogens with zero attached hydrogens (tertiary/aromatic N) is 2. The topological polar surface area (TPSA) is 141 Å². The van der Waals surface area contributed by atoms with Crippen molar-refractivity contribution in [2.75, 3.05) is 0 Å². The molecule has 0 aliphatic heterocycles. The second-order valence-corrected chi connectivity index (χ2v) is 8.11. The third kappa shape index (κ3) is 5.10. The summed E-state index contributed by atoms with van der Waals surface area (Å²) in [7, 11) is -4.37. The molecule has 0 unspecified atom stereocenters. The van der Waals surface area contributed by atoms with Gasteiger partial charge in [0.15, 0.2) is 11.5 Å². The molecule has 154 valence electrons. The van der Waals surface area contributed by atoms with Gasteiger partial charge in [0.1, 0.15) is 4.90 Å². The van der Waals surface area contributed by atoms with Gasteiger partial charge in [0.05, 0.1) is 17.4 Å². The number of nitro benzene ring substituents is 1. The first kappa shape index (κ1) is 21.2. The third-order valence-electron chi connectivity index (χ3n) is 3.60. The Labute approximate surface area is 178 Å². The number of halogens is 1. The molecule has 0 saturated heterocycles. The summed E-state index contributed by atoms with van der Waals surface area (Å²) in [6.45, 7) is 0. The van der Waals surface area contributed by atoms with E-state index in [4.69, 9.17) is 8.60 Å². The van der Waals surface area contributed by atoms with E-state index in [2.05, 4.69) is 26.5 Å². The zero-order chi connectivity index (χ0) is 21.7. The summed E-state index contributed by atoms with van der Waals surface area (Å²) in [6, 6.07) is 11.9. The Morgan fingerprint density at radius 2 is 2.00 bits per heavy atom. The minimum absolute atomic E-state index is 0.0473. The molecule has 0 spiro atoms. The van der Waals surface area contributed by atoms with E-state index in [0.717, 1.165) is 6.07 Å². The fraction of sp³-hybridized carbons (Fsp3) is 0. The molecule has 2 aromatic carbocycles. The first-order valence-corrected chi connectivity index (χ1v) is 10.3. The number of non-ortho nitro benzene ring substituents is 1. The summed E-state index contributed by atoms with van der Waals surface area (Å²) >= 11 is 3.25. The van der Waals surface area contributed by atoms with Crippen LogP contribution in [0.25, 0.3) is 0 Å². The number of nitrogens with one attached hydrogen (secondary N) is 1. The molecule has 3 aromatic rings. The molecule has 0 radical (unpaired) electrons. The molecule has 0 aliphatic carbocycles. The van der Waals surface area contributed by atoms with Crippen LogP contribution in [0, 0.1) is 10.1 Å². The fourth-order valence-corrected chi connectivity index (χ4v) is 3.61. The SMILES string of the molecule is O=C(N/N=C\c1cc(Br)ccc1OS(=O)(=O)c1cccc([N+](=O)[O-])c1)c1ccco1. The van der Waals surface area contributed by atoms with Crippen molar-refractivity contribution in [3.05, 3.63) is 86.8 Å². The maximum atomic E-state index is 12.6. The predicted molar refractivity (Wildman–Crippen MR) is 109 cm³/mol. The Morgan fingerprint density at radius 1 is 1.20 bits per heavy atom. The molecule has 0 bridgehead atoms. The molecule has 3 rings (SSSR count). The first-order valence-electron chi connectivity index (χ1n) is 8.12. The van der Waals surface area contributed by atoms with E-state index in [1.54, 1.807) is 0 Å². The van der Waals surface area contributed by atoms with Gasteiger partial charge in [-0.3, -0.25) is 14.9 Å². The Morgan fingerprint density at radius 3 is 2.70 bits per heavy atom. The summed E-state index contributed by atoms with van der Waals surface area (Å²) in [4.78, 5) is 21.6. The van der Waals surface area contributed by atoms with Gasteiger partial charge >= 0.3 is 16.0 Å². The Hall–Kier alpha value is -3.51. The lowest BCUT2D eigenvalue weighted by Crippen LogP contribution is -2.17. The van der Waals surface area contributed by atoms with Crippen LogP contribution in [0.2, 0.25) is 0 Å². The lowest BCUT2D eigenvalue weighted by Gasteiger charge is -2.10. The molecule has 10 nitrogen and oxygen atoms in total. The zero-order valence-electron chi connectivity index (χ0n) is 14.9. The number of nitro groups is 1. The number of furan rings is 1. The lowest BCUT2D eigenvalue weighted by molar-refractivity contribution is -0.385. The van der Waals surface area contributed by atoms with Crippen molar-refractivity contribution in [3.8, 4) is 5.75 Å². The van der Waals surface area contributed by atoms with Gasteiger partial charge < -0.3 is 8.60 Å². The van der Waals surface area contributed by atoms with Crippen molar-refractivity contribution >= 4 is 43.9 Å². The molecule has 1 N–H and O–H groups in total. The summed E-state index contributed by atoms with van der Waals surface area (Å²) in [5, 5.41) is 14.7. The average Bonchev–Trinajstić information content (AvgIpc) is 3.25. The van der Waals surface area contributed by atoms with Crippen molar-refractivity contribution < 1.29 is 26.7 Å². The summed E-state index contributed by atoms with van der Waals surface area (Å²) in [5.41, 5.74) is 2.07. The highest BCUT2D eigenvalue weighted by Crippen LogP contribution is 2.26. The van der Waals surface area contributed by atoms with Crippen molar-refractivity contribution in [2.24, 2.45) is 5.10 Å². The highest BCUT2D eigenvalue weighted by molar-refractivity contribution is 9.10. The van der Waals surface area contributed by atoms with Crippen LogP contribution >= 0.6 is 15.9 Å². The third-order valence-corrected chi connectivity index (χ3v) is 5.33. The Kier molecular flexibility index (Phi) is 6.28. The molecule has 12 heteroatoms. The molecular formula is C18H12BrN3O7S. The van der Waals surface area contributed by atoms with Gasteiger partial charge in [-0.05, 0) is 36.4 Å². The quantitative estimate of drug-likeness (QED) is 0.229. The van der Waals surface area contributed by atoms with Gasteiger partial charge in [-0.15, -0.1) is 0 Å². The Balaban J connectivity index is 1.84. The van der Waals surface area contributed by atoms with Crippen molar-refractivity contribution in [2.45, 2.75) is 4.90 Å². The highest BCUT2D eigenvalue weighted by Gasteiger charge is 2.21. The molecule has 0 saturated carbocycles. The van der Waals surface area contributed by atoms with Crippen LogP contribution in [0.15, 0.2) is 79.7 Å². The number of hydrogen-bond donors (Lipinski definition) is 1. The van der Waals surface area contributed by atoms with E-state index in [1.165, 1.54) is 61.0 Å². The molecule has 0 fully saturated rings. The monoisotopic (exact) mass is 493 g/mol. The fourth-order valence-electron chi connectivity index (χ4n) is 2.24. The molecule has 1 amide bonds. The average molecular weight is 494 g/mol. The highest BCUT2D eigenvalue weighted by atomic mass is 79.9. The van der Waals surface area contributed by atoms with Gasteiger partial charge in [0.25, 0.3) is 5.69 Å². The van der Waals surface area contributed by atoms with Crippen LogP contribution < -0.4 is 9.61 Å². The number of benzene rings is 2. The molecule has 0 aliphatic rings. The standard InChI is InChI=1S/C18H12BrN3O7S/c19-13-6-7-16(12(9-13)11-20-21-18(23)17-5-2-8-28-17)29-30(26,27)15-4-1-3-14(10-15)22(24)25/h1-11H,(H,21,23)/b20-11-. The van der Waals surface area contributed by atoms with Crippen molar-refractivity contribution in [3.63, 3.8) is 0 Å². The van der Waals surface area contributed by atoms with Gasteiger partial charge in [0.2, 0.25) is 0 Å². The predicted octanol–water partition coefficient (Wildman–Crippen LogP) is 3.48. The van der Waals surface area contributed by atoms with E-state index < -0.39 is 26.6 Å². The number of rotatable bonds is 7. The van der Waals surface area contributed by atoms with Gasteiger partial charge in [-0.25, -0.2) is 5.43 Å². The van der Waals surface area contributed by atoms with Crippen LogP contribution in [0.1, 0.15) is 16.1 Å². The maximum Gasteiger partial charge on any atom is 0.339 e. The number of carbonyl (C=O) groups excluding carboxylic acids is 1. The van der Waals surface area contributed by atoms with E-state index >= 15 is 0 Å². The van der Waals surface area contributed by atoms with Crippen LogP contribution in [-0.2, 0) is 10.1 Å². The van der Waals surface area contributed by atoms with E-state index in [1.807, 2.05) is 0 Å². The summed E-state index contributed by atoms with van der Waals surface area (Å²) < 4.78 is 35.8. The number of amides is 1. The zero-order valence-corrected chi connectivity index (χ0v) is 17.3. The summed E-state index contributed by atoms with van der Waals surface area (Å²) in [5.74, 6) is -0.648. The minimum atomic E-state index is -4.37. The number of hydrazone groups is 1. The van der Waals surface area contributed by atoms with E-state index in [9.17, 15) is 23.3 Å². The van der Waals surface area contributed by atoms with E-state index in [0.29, 0.717) is 4.47 Å². The van der Waals surface area contributed by atoms with Gasteiger partial charge in [0, 0.05) is 22.2 Å². The summed E-state index contributed by atoms with van der Waals surface area (Å²) in [6.07, 6.45) is 2.52. The second-order valence-electron chi connectivity index (χ2n) is 5.65. The first-order chi connectivity index (χ1) is 14.3. The van der Waals surface area contributed by atoms with E-state index in [-0.39, 0.29) is 22.0 Å².